The lowest BCUT2D eigenvalue weighted by molar-refractivity contribution is 0.0730. The van der Waals surface area contributed by atoms with Crippen LogP contribution in [0, 0.1) is 0 Å². The molecule has 0 atom stereocenters. The van der Waals surface area contributed by atoms with Crippen molar-refractivity contribution in [2.45, 2.75) is 11.4 Å². The minimum absolute atomic E-state index is 0.343. The molecule has 2 aromatic carbocycles. The zero-order chi connectivity index (χ0) is 17.3. The van der Waals surface area contributed by atoms with Crippen LogP contribution < -0.4 is 0 Å². The number of hydrogen-bond donors (Lipinski definition) is 0. The summed E-state index contributed by atoms with van der Waals surface area (Å²) in [6, 6.07) is 17.5. The lowest BCUT2D eigenvalue weighted by Gasteiger charge is -2.26. The molecule has 3 aromatic rings. The quantitative estimate of drug-likeness (QED) is 0.722. The van der Waals surface area contributed by atoms with Gasteiger partial charge in [-0.25, -0.2) is 8.42 Å². The van der Waals surface area contributed by atoms with Crippen molar-refractivity contribution in [3.05, 3.63) is 66.4 Å². The Hall–Kier alpha value is -2.15. The van der Waals surface area contributed by atoms with Crippen LogP contribution in [0.2, 0.25) is 0 Å². The molecular weight excluding hydrogens is 336 g/mol. The van der Waals surface area contributed by atoms with Crippen molar-refractivity contribution in [2.75, 3.05) is 26.3 Å². The van der Waals surface area contributed by atoms with Crippen LogP contribution in [-0.2, 0) is 21.3 Å². The predicted octanol–water partition coefficient (Wildman–Crippen LogP) is 2.71. The van der Waals surface area contributed by atoms with Crippen molar-refractivity contribution >= 4 is 20.9 Å². The number of rotatable bonds is 4. The molecule has 0 aliphatic carbocycles. The van der Waals surface area contributed by atoms with Crippen LogP contribution in [0.4, 0.5) is 0 Å². The summed E-state index contributed by atoms with van der Waals surface area (Å²) in [5.74, 6) is 0. The maximum atomic E-state index is 12.9. The van der Waals surface area contributed by atoms with Gasteiger partial charge in [-0.3, -0.25) is 0 Å². The van der Waals surface area contributed by atoms with E-state index in [2.05, 4.69) is 16.7 Å². The average molecular weight is 356 g/mol. The molecule has 1 aliphatic heterocycles. The van der Waals surface area contributed by atoms with Gasteiger partial charge in [0.1, 0.15) is 0 Å². The third-order valence-electron chi connectivity index (χ3n) is 4.55. The third-order valence-corrected chi connectivity index (χ3v) is 6.44. The number of hydrogen-bond acceptors (Lipinski definition) is 3. The SMILES string of the molecule is O=S(=O)(c1ccc2ccn(Cc3ccccc3)c2c1)N1CCOCC1. The molecule has 0 spiro atoms. The lowest BCUT2D eigenvalue weighted by atomic mass is 10.2. The summed E-state index contributed by atoms with van der Waals surface area (Å²) in [5.41, 5.74) is 2.11. The Morgan fingerprint density at radius 3 is 2.48 bits per heavy atom. The normalized spacial score (nSPS) is 16.3. The first-order chi connectivity index (χ1) is 12.1. The van der Waals surface area contributed by atoms with Gasteiger partial charge in [0.05, 0.1) is 18.1 Å². The number of sulfonamides is 1. The molecule has 4 rings (SSSR count). The second-order valence-corrected chi connectivity index (χ2v) is 8.10. The van der Waals surface area contributed by atoms with E-state index in [0.29, 0.717) is 37.7 Å². The van der Waals surface area contributed by atoms with Crippen LogP contribution in [0.3, 0.4) is 0 Å². The van der Waals surface area contributed by atoms with E-state index in [0.717, 1.165) is 10.9 Å². The van der Waals surface area contributed by atoms with Crippen molar-refractivity contribution < 1.29 is 13.2 Å². The van der Waals surface area contributed by atoms with Crippen molar-refractivity contribution in [1.29, 1.82) is 0 Å². The first kappa shape index (κ1) is 16.3. The Kier molecular flexibility index (Phi) is 4.33. The van der Waals surface area contributed by atoms with Gasteiger partial charge in [0.15, 0.2) is 0 Å². The molecule has 0 N–H and O–H groups in total. The smallest absolute Gasteiger partial charge is 0.243 e. The van der Waals surface area contributed by atoms with E-state index < -0.39 is 10.0 Å². The van der Waals surface area contributed by atoms with E-state index in [-0.39, 0.29) is 0 Å². The lowest BCUT2D eigenvalue weighted by Crippen LogP contribution is -2.40. The summed E-state index contributed by atoms with van der Waals surface area (Å²) in [7, 11) is -3.48. The summed E-state index contributed by atoms with van der Waals surface area (Å²) in [5, 5.41) is 1.04. The van der Waals surface area contributed by atoms with Crippen LogP contribution in [0.25, 0.3) is 10.9 Å². The molecule has 1 aromatic heterocycles. The minimum atomic E-state index is -3.48. The van der Waals surface area contributed by atoms with Gasteiger partial charge in [-0.15, -0.1) is 0 Å². The van der Waals surface area contributed by atoms with Gasteiger partial charge in [-0.05, 0) is 29.1 Å². The number of ether oxygens (including phenoxy) is 1. The Morgan fingerprint density at radius 1 is 0.960 bits per heavy atom. The van der Waals surface area contributed by atoms with E-state index in [4.69, 9.17) is 4.74 Å². The molecule has 1 aliphatic rings. The van der Waals surface area contributed by atoms with Gasteiger partial charge in [-0.1, -0.05) is 36.4 Å². The number of benzene rings is 2. The van der Waals surface area contributed by atoms with E-state index in [1.165, 1.54) is 9.87 Å². The van der Waals surface area contributed by atoms with E-state index in [9.17, 15) is 8.42 Å². The van der Waals surface area contributed by atoms with Crippen LogP contribution >= 0.6 is 0 Å². The van der Waals surface area contributed by atoms with E-state index in [1.54, 1.807) is 12.1 Å². The second-order valence-electron chi connectivity index (χ2n) is 6.17. The molecule has 1 saturated heterocycles. The van der Waals surface area contributed by atoms with Crippen molar-refractivity contribution in [3.63, 3.8) is 0 Å². The van der Waals surface area contributed by atoms with Gasteiger partial charge in [0.2, 0.25) is 10.0 Å². The van der Waals surface area contributed by atoms with Crippen LogP contribution in [-0.4, -0.2) is 43.6 Å². The van der Waals surface area contributed by atoms with Gasteiger partial charge in [0.25, 0.3) is 0 Å². The summed E-state index contributed by atoms with van der Waals surface area (Å²) >= 11 is 0. The standard InChI is InChI=1S/C19H20N2O3S/c22-25(23,21-10-12-24-13-11-21)18-7-6-17-8-9-20(19(17)14-18)15-16-4-2-1-3-5-16/h1-9,14H,10-13,15H2. The van der Waals surface area contributed by atoms with Crippen molar-refractivity contribution in [2.24, 2.45) is 0 Å². The molecular formula is C19H20N2O3S. The van der Waals surface area contributed by atoms with E-state index >= 15 is 0 Å². The number of morpholine rings is 1. The highest BCUT2D eigenvalue weighted by atomic mass is 32.2. The Bertz CT molecular complexity index is 974. The summed E-state index contributed by atoms with van der Waals surface area (Å²) < 4.78 is 34.6. The Morgan fingerprint density at radius 2 is 1.72 bits per heavy atom. The fraction of sp³-hybridized carbons (Fsp3) is 0.263. The monoisotopic (exact) mass is 356 g/mol. The van der Waals surface area contributed by atoms with E-state index in [1.807, 2.05) is 36.5 Å². The van der Waals surface area contributed by atoms with Crippen LogP contribution in [0.5, 0.6) is 0 Å². The Balaban J connectivity index is 1.70. The van der Waals surface area contributed by atoms with Gasteiger partial charge in [-0.2, -0.15) is 4.31 Å². The average Bonchev–Trinajstić information content (AvgIpc) is 3.05. The molecule has 2 heterocycles. The highest BCUT2D eigenvalue weighted by molar-refractivity contribution is 7.89. The zero-order valence-electron chi connectivity index (χ0n) is 13.8. The molecule has 1 fully saturated rings. The van der Waals surface area contributed by atoms with Gasteiger partial charge < -0.3 is 9.30 Å². The molecule has 130 valence electrons. The minimum Gasteiger partial charge on any atom is -0.379 e. The maximum absolute atomic E-state index is 12.9. The maximum Gasteiger partial charge on any atom is 0.243 e. The first-order valence-electron chi connectivity index (χ1n) is 8.35. The van der Waals surface area contributed by atoms with Crippen molar-refractivity contribution in [1.82, 2.24) is 8.87 Å². The summed E-state index contributed by atoms with van der Waals surface area (Å²) in [6.45, 7) is 2.43. The Labute approximate surface area is 147 Å². The summed E-state index contributed by atoms with van der Waals surface area (Å²) in [4.78, 5) is 0.343. The molecule has 0 radical (unpaired) electrons. The van der Waals surface area contributed by atoms with Crippen LogP contribution in [0.1, 0.15) is 5.56 Å². The summed E-state index contributed by atoms with van der Waals surface area (Å²) in [6.07, 6.45) is 2.00. The molecule has 0 bridgehead atoms. The number of aromatic nitrogens is 1. The van der Waals surface area contributed by atoms with Crippen LogP contribution in [0.15, 0.2) is 65.7 Å². The third kappa shape index (κ3) is 3.20. The first-order valence-corrected chi connectivity index (χ1v) is 9.79. The molecule has 0 amide bonds. The zero-order valence-corrected chi connectivity index (χ0v) is 14.7. The second kappa shape index (κ2) is 6.63. The number of nitrogens with zero attached hydrogens (tertiary/aromatic N) is 2. The fourth-order valence-corrected chi connectivity index (χ4v) is 4.61. The predicted molar refractivity (Wildman–Crippen MR) is 97.1 cm³/mol. The molecule has 5 nitrogen and oxygen atoms in total. The van der Waals surface area contributed by atoms with Gasteiger partial charge >= 0.3 is 0 Å². The highest BCUT2D eigenvalue weighted by Gasteiger charge is 2.26. The molecule has 6 heteroatoms. The largest absolute Gasteiger partial charge is 0.379 e. The topological polar surface area (TPSA) is 51.5 Å². The van der Waals surface area contributed by atoms with Crippen molar-refractivity contribution in [3.8, 4) is 0 Å². The molecule has 25 heavy (non-hydrogen) atoms. The fourth-order valence-electron chi connectivity index (χ4n) is 3.18. The highest BCUT2D eigenvalue weighted by Crippen LogP contribution is 2.24. The molecule has 0 saturated carbocycles. The molecule has 0 unspecified atom stereocenters. The van der Waals surface area contributed by atoms with Gasteiger partial charge in [0, 0.05) is 31.3 Å². The number of fused-ring (bicyclic) bond motifs is 1.